The van der Waals surface area contributed by atoms with E-state index in [1.807, 2.05) is 30.3 Å². The minimum atomic E-state index is -0.308. The van der Waals surface area contributed by atoms with Crippen LogP contribution in [-0.4, -0.2) is 27.8 Å². The van der Waals surface area contributed by atoms with E-state index in [4.69, 9.17) is 4.74 Å². The topological polar surface area (TPSA) is 52.1 Å². The van der Waals surface area contributed by atoms with Crippen LogP contribution in [0.5, 0.6) is 0 Å². The maximum atomic E-state index is 11.5. The van der Waals surface area contributed by atoms with Crippen LogP contribution in [0.2, 0.25) is 0 Å². The molecule has 0 saturated carbocycles. The van der Waals surface area contributed by atoms with E-state index in [9.17, 15) is 4.79 Å². The standard InChI is InChI=1S/C15H16N2O2S/c1-3-19-14(18)11(2)20-15-16-9-13(10-17-15)12-7-5-4-6-8-12/h4-11H,3H2,1-2H3/t11-/m0/s1. The fourth-order valence-electron chi connectivity index (χ4n) is 1.62. The highest BCUT2D eigenvalue weighted by atomic mass is 32.2. The van der Waals surface area contributed by atoms with Gasteiger partial charge >= 0.3 is 5.97 Å². The monoisotopic (exact) mass is 288 g/mol. The van der Waals surface area contributed by atoms with Crippen molar-refractivity contribution >= 4 is 17.7 Å². The van der Waals surface area contributed by atoms with Crippen molar-refractivity contribution in [3.05, 3.63) is 42.7 Å². The minimum Gasteiger partial charge on any atom is -0.465 e. The van der Waals surface area contributed by atoms with Gasteiger partial charge in [0.1, 0.15) is 5.25 Å². The molecule has 0 unspecified atom stereocenters. The molecule has 104 valence electrons. The normalized spacial score (nSPS) is 11.9. The third-order valence-corrected chi connectivity index (χ3v) is 3.60. The molecule has 0 saturated heterocycles. The van der Waals surface area contributed by atoms with Gasteiger partial charge in [-0.3, -0.25) is 4.79 Å². The molecule has 1 atom stereocenters. The molecular weight excluding hydrogens is 272 g/mol. The van der Waals surface area contributed by atoms with E-state index in [2.05, 4.69) is 9.97 Å². The zero-order chi connectivity index (χ0) is 14.4. The highest BCUT2D eigenvalue weighted by Crippen LogP contribution is 2.22. The molecular formula is C15H16N2O2S. The number of hydrogen-bond donors (Lipinski definition) is 0. The Morgan fingerprint density at radius 2 is 1.85 bits per heavy atom. The summed E-state index contributed by atoms with van der Waals surface area (Å²) in [7, 11) is 0. The van der Waals surface area contributed by atoms with Crippen molar-refractivity contribution in [2.24, 2.45) is 0 Å². The maximum Gasteiger partial charge on any atom is 0.319 e. The van der Waals surface area contributed by atoms with Gasteiger partial charge in [-0.2, -0.15) is 0 Å². The van der Waals surface area contributed by atoms with Crippen molar-refractivity contribution in [3.63, 3.8) is 0 Å². The molecule has 0 bridgehead atoms. The predicted molar refractivity (Wildman–Crippen MR) is 79.4 cm³/mol. The molecule has 0 fully saturated rings. The van der Waals surface area contributed by atoms with Crippen LogP contribution in [0.4, 0.5) is 0 Å². The van der Waals surface area contributed by atoms with Gasteiger partial charge < -0.3 is 4.74 Å². The third-order valence-electron chi connectivity index (χ3n) is 2.64. The molecule has 20 heavy (non-hydrogen) atoms. The molecule has 2 aromatic rings. The Labute approximate surface area is 122 Å². The van der Waals surface area contributed by atoms with Crippen LogP contribution >= 0.6 is 11.8 Å². The summed E-state index contributed by atoms with van der Waals surface area (Å²) >= 11 is 1.30. The Bertz CT molecular complexity index is 558. The van der Waals surface area contributed by atoms with Gasteiger partial charge in [-0.15, -0.1) is 0 Å². The highest BCUT2D eigenvalue weighted by Gasteiger charge is 2.16. The number of nitrogens with zero attached hydrogens (tertiary/aromatic N) is 2. The second-order valence-electron chi connectivity index (χ2n) is 4.13. The second-order valence-corrected chi connectivity index (χ2v) is 5.44. The highest BCUT2D eigenvalue weighted by molar-refractivity contribution is 8.00. The molecule has 4 nitrogen and oxygen atoms in total. The van der Waals surface area contributed by atoms with Gasteiger partial charge in [0.15, 0.2) is 5.16 Å². The van der Waals surface area contributed by atoms with Crippen LogP contribution in [-0.2, 0) is 9.53 Å². The molecule has 0 radical (unpaired) electrons. The fourth-order valence-corrected chi connectivity index (χ4v) is 2.33. The van der Waals surface area contributed by atoms with Gasteiger partial charge in [0.2, 0.25) is 0 Å². The van der Waals surface area contributed by atoms with Crippen molar-refractivity contribution in [2.75, 3.05) is 6.61 Å². The number of ether oxygens (including phenoxy) is 1. The molecule has 5 heteroatoms. The third kappa shape index (κ3) is 3.81. The fraction of sp³-hybridized carbons (Fsp3) is 0.267. The quantitative estimate of drug-likeness (QED) is 0.480. The lowest BCUT2D eigenvalue weighted by atomic mass is 10.1. The molecule has 0 N–H and O–H groups in total. The van der Waals surface area contributed by atoms with Crippen molar-refractivity contribution in [2.45, 2.75) is 24.3 Å². The molecule has 0 aliphatic rings. The van der Waals surface area contributed by atoms with Gasteiger partial charge in [0.05, 0.1) is 6.61 Å². The van der Waals surface area contributed by atoms with Crippen LogP contribution in [0.15, 0.2) is 47.9 Å². The molecule has 0 aliphatic carbocycles. The molecule has 1 aromatic carbocycles. The Hall–Kier alpha value is -1.88. The molecule has 2 rings (SSSR count). The number of benzene rings is 1. The van der Waals surface area contributed by atoms with Gasteiger partial charge in [0, 0.05) is 18.0 Å². The average molecular weight is 288 g/mol. The number of esters is 1. The van der Waals surface area contributed by atoms with E-state index in [0.29, 0.717) is 11.8 Å². The van der Waals surface area contributed by atoms with Crippen LogP contribution in [0.25, 0.3) is 11.1 Å². The van der Waals surface area contributed by atoms with Crippen molar-refractivity contribution in [1.82, 2.24) is 9.97 Å². The smallest absolute Gasteiger partial charge is 0.319 e. The van der Waals surface area contributed by atoms with Gasteiger partial charge in [0.25, 0.3) is 0 Å². The molecule has 0 spiro atoms. The number of thioether (sulfide) groups is 1. The van der Waals surface area contributed by atoms with E-state index < -0.39 is 0 Å². The van der Waals surface area contributed by atoms with E-state index in [1.165, 1.54) is 11.8 Å². The van der Waals surface area contributed by atoms with Crippen molar-refractivity contribution in [1.29, 1.82) is 0 Å². The first-order valence-electron chi connectivity index (χ1n) is 6.41. The zero-order valence-corrected chi connectivity index (χ0v) is 12.3. The summed E-state index contributed by atoms with van der Waals surface area (Å²) in [4.78, 5) is 20.1. The lowest BCUT2D eigenvalue weighted by molar-refractivity contribution is -0.142. The number of hydrogen-bond acceptors (Lipinski definition) is 5. The number of carbonyl (C=O) groups excluding carboxylic acids is 1. The molecule has 0 aliphatic heterocycles. The average Bonchev–Trinajstić information content (AvgIpc) is 2.49. The summed E-state index contributed by atoms with van der Waals surface area (Å²) in [5.74, 6) is -0.242. The van der Waals surface area contributed by atoms with Crippen molar-refractivity contribution in [3.8, 4) is 11.1 Å². The van der Waals surface area contributed by atoms with E-state index in [1.54, 1.807) is 26.2 Å². The Balaban J connectivity index is 2.04. The number of aromatic nitrogens is 2. The second kappa shape index (κ2) is 7.05. The van der Waals surface area contributed by atoms with Gasteiger partial charge in [-0.05, 0) is 19.4 Å². The Kier molecular flexibility index (Phi) is 5.12. The lowest BCUT2D eigenvalue weighted by Gasteiger charge is -2.09. The predicted octanol–water partition coefficient (Wildman–Crippen LogP) is 3.19. The van der Waals surface area contributed by atoms with E-state index >= 15 is 0 Å². The summed E-state index contributed by atoms with van der Waals surface area (Å²) in [6.07, 6.45) is 3.53. The van der Waals surface area contributed by atoms with E-state index in [0.717, 1.165) is 11.1 Å². The Morgan fingerprint density at radius 3 is 2.45 bits per heavy atom. The largest absolute Gasteiger partial charge is 0.465 e. The molecule has 1 heterocycles. The van der Waals surface area contributed by atoms with Crippen LogP contribution < -0.4 is 0 Å². The van der Waals surface area contributed by atoms with Crippen molar-refractivity contribution < 1.29 is 9.53 Å². The lowest BCUT2D eigenvalue weighted by Crippen LogP contribution is -2.17. The molecule has 0 amide bonds. The summed E-state index contributed by atoms with van der Waals surface area (Å²) in [5.41, 5.74) is 2.03. The van der Waals surface area contributed by atoms with Crippen LogP contribution in [0.1, 0.15) is 13.8 Å². The van der Waals surface area contributed by atoms with Gasteiger partial charge in [-0.1, -0.05) is 42.1 Å². The SMILES string of the molecule is CCOC(=O)[C@H](C)Sc1ncc(-c2ccccc2)cn1. The summed E-state index contributed by atoms with van der Waals surface area (Å²) in [6, 6.07) is 9.93. The maximum absolute atomic E-state index is 11.5. The van der Waals surface area contributed by atoms with Crippen LogP contribution in [0, 0.1) is 0 Å². The molecule has 1 aromatic heterocycles. The summed E-state index contributed by atoms with van der Waals surface area (Å²) in [5, 5.41) is 0.266. The van der Waals surface area contributed by atoms with E-state index in [-0.39, 0.29) is 11.2 Å². The zero-order valence-electron chi connectivity index (χ0n) is 11.4. The first-order valence-corrected chi connectivity index (χ1v) is 7.29. The number of rotatable bonds is 5. The van der Waals surface area contributed by atoms with Gasteiger partial charge in [-0.25, -0.2) is 9.97 Å². The first-order chi connectivity index (χ1) is 9.70. The van der Waals surface area contributed by atoms with Crippen LogP contribution in [0.3, 0.4) is 0 Å². The summed E-state index contributed by atoms with van der Waals surface area (Å²) in [6.45, 7) is 3.97. The number of carbonyl (C=O) groups is 1. The Morgan fingerprint density at radius 1 is 1.20 bits per heavy atom. The first kappa shape index (κ1) is 14.5. The summed E-state index contributed by atoms with van der Waals surface area (Å²) < 4.78 is 4.95. The minimum absolute atomic E-state index is 0.242.